The lowest BCUT2D eigenvalue weighted by molar-refractivity contribution is -0.131. The third-order valence-electron chi connectivity index (χ3n) is 3.99. The highest BCUT2D eigenvalue weighted by Crippen LogP contribution is 2.30. The van der Waals surface area contributed by atoms with Gasteiger partial charge in [-0.3, -0.25) is 9.69 Å². The number of benzene rings is 1. The molecule has 1 unspecified atom stereocenters. The molecular weight excluding hydrogens is 332 g/mol. The predicted molar refractivity (Wildman–Crippen MR) is 86.3 cm³/mol. The molecule has 2 heterocycles. The number of nitrogens with zero attached hydrogens (tertiary/aromatic N) is 3. The van der Waals surface area contributed by atoms with Crippen LogP contribution in [-0.4, -0.2) is 27.0 Å². The largest absolute Gasteiger partial charge is 0.337 e. The lowest BCUT2D eigenvalue weighted by atomic mass is 9.92. The number of halogens is 1. The summed E-state index contributed by atoms with van der Waals surface area (Å²) in [5.41, 5.74) is -0.496. The molecule has 2 aromatic rings. The Hall–Kier alpha value is -2.41. The van der Waals surface area contributed by atoms with Gasteiger partial charge >= 0.3 is 6.03 Å². The van der Waals surface area contributed by atoms with Gasteiger partial charge in [0.15, 0.2) is 5.82 Å². The van der Waals surface area contributed by atoms with Crippen molar-refractivity contribution >= 4 is 23.5 Å². The minimum absolute atomic E-state index is 0.0619. The van der Waals surface area contributed by atoms with Gasteiger partial charge in [0.25, 0.3) is 5.91 Å². The Kier molecular flexibility index (Phi) is 4.04. The molecule has 0 aliphatic carbocycles. The predicted octanol–water partition coefficient (Wildman–Crippen LogP) is 2.81. The van der Waals surface area contributed by atoms with Crippen molar-refractivity contribution in [3.63, 3.8) is 0 Å². The van der Waals surface area contributed by atoms with Gasteiger partial charge in [-0.1, -0.05) is 42.7 Å². The van der Waals surface area contributed by atoms with Crippen LogP contribution >= 0.6 is 11.6 Å². The summed E-state index contributed by atoms with van der Waals surface area (Å²) >= 11 is 5.88. The molecule has 1 N–H and O–H groups in total. The molecule has 1 atom stereocenters. The maximum Gasteiger partial charge on any atom is 0.325 e. The Labute approximate surface area is 144 Å². The zero-order valence-corrected chi connectivity index (χ0v) is 14.3. The molecule has 1 aliphatic rings. The van der Waals surface area contributed by atoms with Gasteiger partial charge < -0.3 is 9.84 Å². The van der Waals surface area contributed by atoms with Crippen molar-refractivity contribution in [3.8, 4) is 0 Å². The van der Waals surface area contributed by atoms with Crippen LogP contribution in [0.15, 0.2) is 28.8 Å². The van der Waals surface area contributed by atoms with E-state index in [9.17, 15) is 9.59 Å². The lowest BCUT2D eigenvalue weighted by Crippen LogP contribution is -2.40. The average molecular weight is 349 g/mol. The molecule has 24 heavy (non-hydrogen) atoms. The van der Waals surface area contributed by atoms with Crippen LogP contribution in [0.4, 0.5) is 4.79 Å². The van der Waals surface area contributed by atoms with Gasteiger partial charge in [0, 0.05) is 10.9 Å². The second-order valence-electron chi connectivity index (χ2n) is 6.15. The number of hydrogen-bond acceptors (Lipinski definition) is 5. The van der Waals surface area contributed by atoms with Crippen molar-refractivity contribution in [2.75, 3.05) is 0 Å². The second-order valence-corrected chi connectivity index (χ2v) is 6.59. The van der Waals surface area contributed by atoms with Gasteiger partial charge in [-0.2, -0.15) is 4.98 Å². The highest BCUT2D eigenvalue weighted by atomic mass is 35.5. The van der Waals surface area contributed by atoms with Gasteiger partial charge in [0.2, 0.25) is 5.89 Å². The van der Waals surface area contributed by atoms with Crippen molar-refractivity contribution in [2.24, 2.45) is 0 Å². The Morgan fingerprint density at radius 2 is 1.96 bits per heavy atom. The maximum absolute atomic E-state index is 12.8. The summed E-state index contributed by atoms with van der Waals surface area (Å²) in [6.07, 6.45) is 0. The molecule has 7 nitrogen and oxygen atoms in total. The van der Waals surface area contributed by atoms with E-state index in [-0.39, 0.29) is 24.3 Å². The van der Waals surface area contributed by atoms with Crippen LogP contribution in [0.1, 0.15) is 44.0 Å². The van der Waals surface area contributed by atoms with Crippen molar-refractivity contribution in [1.82, 2.24) is 20.4 Å². The van der Waals surface area contributed by atoms with Gasteiger partial charge in [0.05, 0.1) is 0 Å². The highest BCUT2D eigenvalue weighted by Gasteiger charge is 2.49. The number of nitrogens with one attached hydrogen (secondary N) is 1. The normalized spacial score (nSPS) is 20.8. The summed E-state index contributed by atoms with van der Waals surface area (Å²) in [4.78, 5) is 30.3. The average Bonchev–Trinajstić information content (AvgIpc) is 3.08. The molecule has 1 aromatic carbocycles. The van der Waals surface area contributed by atoms with Crippen molar-refractivity contribution in [2.45, 2.75) is 38.8 Å². The zero-order valence-electron chi connectivity index (χ0n) is 13.5. The van der Waals surface area contributed by atoms with E-state index in [1.54, 1.807) is 31.2 Å². The van der Waals surface area contributed by atoms with E-state index in [2.05, 4.69) is 15.5 Å². The van der Waals surface area contributed by atoms with E-state index >= 15 is 0 Å². The first-order chi connectivity index (χ1) is 11.3. The number of carbonyl (C=O) groups is 2. The summed E-state index contributed by atoms with van der Waals surface area (Å²) in [6, 6.07) is 6.29. The van der Waals surface area contributed by atoms with Crippen LogP contribution < -0.4 is 5.32 Å². The van der Waals surface area contributed by atoms with E-state index in [0.717, 1.165) is 4.90 Å². The molecule has 126 valence electrons. The number of amides is 3. The fraction of sp³-hybridized carbons (Fsp3) is 0.375. The smallest absolute Gasteiger partial charge is 0.325 e. The quantitative estimate of drug-likeness (QED) is 0.858. The van der Waals surface area contributed by atoms with E-state index in [0.29, 0.717) is 16.4 Å². The molecule has 8 heteroatoms. The molecule has 0 bridgehead atoms. The molecule has 3 amide bonds. The van der Waals surface area contributed by atoms with Crippen molar-refractivity contribution in [1.29, 1.82) is 0 Å². The first-order valence-electron chi connectivity index (χ1n) is 7.54. The highest BCUT2D eigenvalue weighted by molar-refractivity contribution is 6.30. The first-order valence-corrected chi connectivity index (χ1v) is 7.91. The van der Waals surface area contributed by atoms with Gasteiger partial charge in [-0.15, -0.1) is 0 Å². The summed E-state index contributed by atoms with van der Waals surface area (Å²) in [7, 11) is 0. The number of imide groups is 1. The van der Waals surface area contributed by atoms with Crippen LogP contribution in [-0.2, 0) is 16.9 Å². The molecule has 0 saturated carbocycles. The summed E-state index contributed by atoms with van der Waals surface area (Å²) in [5.74, 6) is 0.490. The third-order valence-corrected chi connectivity index (χ3v) is 4.24. The van der Waals surface area contributed by atoms with Crippen LogP contribution in [0.5, 0.6) is 0 Å². The number of hydrogen-bond donors (Lipinski definition) is 1. The standard InChI is InChI=1S/C16H17ClN4O3/c1-9(2)13-18-12(24-20-13)8-21-14(22)16(3,19-15(21)23)10-4-6-11(17)7-5-10/h4-7,9H,8H2,1-3H3,(H,19,23). The molecule has 0 spiro atoms. The van der Waals surface area contributed by atoms with Crippen LogP contribution in [0.3, 0.4) is 0 Å². The Morgan fingerprint density at radius 1 is 1.29 bits per heavy atom. The lowest BCUT2D eigenvalue weighted by Gasteiger charge is -2.22. The minimum Gasteiger partial charge on any atom is -0.337 e. The van der Waals surface area contributed by atoms with Crippen molar-refractivity contribution in [3.05, 3.63) is 46.6 Å². The van der Waals surface area contributed by atoms with Gasteiger partial charge in [-0.25, -0.2) is 4.79 Å². The number of carbonyl (C=O) groups excluding carboxylic acids is 2. The van der Waals surface area contributed by atoms with Gasteiger partial charge in [-0.05, 0) is 24.6 Å². The maximum atomic E-state index is 12.8. The summed E-state index contributed by atoms with van der Waals surface area (Å²) < 4.78 is 5.12. The van der Waals surface area contributed by atoms with E-state index in [1.165, 1.54) is 0 Å². The summed E-state index contributed by atoms with van der Waals surface area (Å²) in [5, 5.41) is 7.12. The van der Waals surface area contributed by atoms with Crippen LogP contribution in [0.2, 0.25) is 5.02 Å². The number of rotatable bonds is 4. The molecular formula is C16H17ClN4O3. The topological polar surface area (TPSA) is 88.3 Å². The molecule has 1 aliphatic heterocycles. The van der Waals surface area contributed by atoms with Crippen LogP contribution in [0.25, 0.3) is 0 Å². The van der Waals surface area contributed by atoms with E-state index in [1.807, 2.05) is 13.8 Å². The Bertz CT molecular complexity index is 787. The van der Waals surface area contributed by atoms with Gasteiger partial charge in [0.1, 0.15) is 12.1 Å². The van der Waals surface area contributed by atoms with E-state index < -0.39 is 11.6 Å². The van der Waals surface area contributed by atoms with E-state index in [4.69, 9.17) is 16.1 Å². The second kappa shape index (κ2) is 5.90. The first kappa shape index (κ1) is 16.4. The molecule has 0 radical (unpaired) electrons. The Morgan fingerprint density at radius 3 is 2.54 bits per heavy atom. The zero-order chi connectivity index (χ0) is 17.5. The molecule has 1 saturated heterocycles. The number of urea groups is 1. The fourth-order valence-electron chi connectivity index (χ4n) is 2.52. The third kappa shape index (κ3) is 2.75. The SMILES string of the molecule is CC(C)c1noc(CN2C(=O)NC(C)(c3ccc(Cl)cc3)C2=O)n1. The molecule has 1 fully saturated rings. The van der Waals surface area contributed by atoms with Crippen molar-refractivity contribution < 1.29 is 14.1 Å². The Balaban J connectivity index is 1.84. The molecule has 3 rings (SSSR count). The number of aromatic nitrogens is 2. The fourth-order valence-corrected chi connectivity index (χ4v) is 2.65. The minimum atomic E-state index is -1.15. The summed E-state index contributed by atoms with van der Waals surface area (Å²) in [6.45, 7) is 5.46. The monoisotopic (exact) mass is 348 g/mol. The van der Waals surface area contributed by atoms with Crippen LogP contribution in [0, 0.1) is 0 Å². The molecule has 1 aromatic heterocycles.